The molecule has 2 atom stereocenters. The third kappa shape index (κ3) is 11.0. The number of hydrogen-bond donors (Lipinski definition) is 4. The van der Waals surface area contributed by atoms with Crippen LogP contribution in [0, 0.1) is 13.8 Å². The Labute approximate surface area is 251 Å². The largest absolute Gasteiger partial charge is 0.508 e. The first-order chi connectivity index (χ1) is 20.3. The van der Waals surface area contributed by atoms with Gasteiger partial charge in [0.05, 0.1) is 0 Å². The molecule has 0 aliphatic heterocycles. The average Bonchev–Trinajstić information content (AvgIpc) is 3.36. The fourth-order valence-electron chi connectivity index (χ4n) is 4.57. The van der Waals surface area contributed by atoms with Crippen molar-refractivity contribution in [3.8, 4) is 5.75 Å². The molecule has 0 fully saturated rings. The Kier molecular flexibility index (Phi) is 11.5. The summed E-state index contributed by atoms with van der Waals surface area (Å²) in [6.07, 6.45) is -0.802. The molecule has 0 radical (unpaired) electrons. The zero-order valence-electron chi connectivity index (χ0n) is 25.3. The van der Waals surface area contributed by atoms with E-state index >= 15 is 0 Å². The number of nitrogens with two attached hydrogens (primary N) is 1. The number of amides is 3. The van der Waals surface area contributed by atoms with Gasteiger partial charge in [-0.05, 0) is 88.3 Å². The van der Waals surface area contributed by atoms with Crippen LogP contribution in [0.1, 0.15) is 80.0 Å². The molecule has 12 nitrogen and oxygen atoms in total. The van der Waals surface area contributed by atoms with E-state index in [2.05, 4.69) is 20.8 Å². The normalized spacial score (nSPS) is 12.7. The first kappa shape index (κ1) is 32.9. The number of hydrogen-bond acceptors (Lipinski definition) is 9. The number of nitrogens with one attached hydrogen (secondary N) is 2. The molecule has 3 aromatic rings. The van der Waals surface area contributed by atoms with Crippen molar-refractivity contribution >= 4 is 18.1 Å². The van der Waals surface area contributed by atoms with Crippen LogP contribution in [0.2, 0.25) is 0 Å². The molecule has 43 heavy (non-hydrogen) atoms. The van der Waals surface area contributed by atoms with E-state index in [9.17, 15) is 19.5 Å². The molecule has 3 rings (SSSR count). The summed E-state index contributed by atoms with van der Waals surface area (Å²) in [7, 11) is 0. The highest BCUT2D eigenvalue weighted by Crippen LogP contribution is 2.24. The third-order valence-electron chi connectivity index (χ3n) is 6.51. The van der Waals surface area contributed by atoms with Crippen LogP contribution >= 0.6 is 0 Å². The number of alkyl carbamates (subject to hydrolysis) is 1. The van der Waals surface area contributed by atoms with Gasteiger partial charge in [0.25, 0.3) is 5.91 Å². The highest BCUT2D eigenvalue weighted by atomic mass is 16.6. The van der Waals surface area contributed by atoms with E-state index in [1.165, 1.54) is 0 Å². The molecule has 0 saturated heterocycles. The summed E-state index contributed by atoms with van der Waals surface area (Å²) < 4.78 is 16.0. The maximum absolute atomic E-state index is 13.5. The van der Waals surface area contributed by atoms with E-state index in [1.807, 2.05) is 30.3 Å². The van der Waals surface area contributed by atoms with Gasteiger partial charge in [0, 0.05) is 19.4 Å². The van der Waals surface area contributed by atoms with Gasteiger partial charge in [-0.3, -0.25) is 4.79 Å². The van der Waals surface area contributed by atoms with Crippen LogP contribution in [0.4, 0.5) is 9.59 Å². The second kappa shape index (κ2) is 15.0. The molecule has 0 bridgehead atoms. The topological polar surface area (TPSA) is 179 Å². The number of unbranched alkanes of at least 4 members (excludes halogenated alkanes) is 1. The maximum atomic E-state index is 13.5. The third-order valence-corrected chi connectivity index (χ3v) is 6.51. The molecule has 2 aromatic carbocycles. The fraction of sp³-hybridized carbons (Fsp3) is 0.452. The van der Waals surface area contributed by atoms with Gasteiger partial charge < -0.3 is 35.5 Å². The fourth-order valence-corrected chi connectivity index (χ4v) is 4.57. The molecule has 3 amide bonds. The molecular weight excluding hydrogens is 554 g/mol. The summed E-state index contributed by atoms with van der Waals surface area (Å²) in [6, 6.07) is 12.1. The van der Waals surface area contributed by atoms with Crippen molar-refractivity contribution in [1.82, 2.24) is 20.8 Å². The minimum Gasteiger partial charge on any atom is -0.508 e. The van der Waals surface area contributed by atoms with Gasteiger partial charge in [0.1, 0.15) is 17.4 Å². The lowest BCUT2D eigenvalue weighted by Crippen LogP contribution is -2.42. The number of phenolic OH excluding ortho intramolecular Hbond substituents is 1. The predicted octanol–water partition coefficient (Wildman–Crippen LogP) is 4.54. The number of aryl methyl sites for hydroxylation is 2. The van der Waals surface area contributed by atoms with E-state index in [0.717, 1.165) is 22.3 Å². The smallest absolute Gasteiger partial charge is 0.407 e. The van der Waals surface area contributed by atoms with E-state index in [1.54, 1.807) is 46.8 Å². The molecule has 1 aromatic heterocycles. The van der Waals surface area contributed by atoms with Crippen molar-refractivity contribution in [2.24, 2.45) is 5.73 Å². The summed E-state index contributed by atoms with van der Waals surface area (Å²) >= 11 is 0. The van der Waals surface area contributed by atoms with Gasteiger partial charge in [-0.1, -0.05) is 35.5 Å². The van der Waals surface area contributed by atoms with Crippen LogP contribution in [0.25, 0.3) is 0 Å². The summed E-state index contributed by atoms with van der Waals surface area (Å²) in [4.78, 5) is 41.7. The summed E-state index contributed by atoms with van der Waals surface area (Å²) in [5, 5.41) is 19.6. The summed E-state index contributed by atoms with van der Waals surface area (Å²) in [5.74, 6) is 0.159. The van der Waals surface area contributed by atoms with Crippen molar-refractivity contribution in [2.75, 3.05) is 6.54 Å². The number of ether oxygens (including phenoxy) is 2. The molecular formula is C31H41N5O7. The van der Waals surface area contributed by atoms with Gasteiger partial charge in [0.15, 0.2) is 11.9 Å². The second-order valence-electron chi connectivity index (χ2n) is 11.4. The van der Waals surface area contributed by atoms with Crippen LogP contribution in [-0.4, -0.2) is 51.6 Å². The van der Waals surface area contributed by atoms with Crippen LogP contribution in [0.15, 0.2) is 47.0 Å². The molecule has 0 aliphatic carbocycles. The minimum absolute atomic E-state index is 0.0440. The lowest BCUT2D eigenvalue weighted by molar-refractivity contribution is -0.130. The summed E-state index contributed by atoms with van der Waals surface area (Å²) in [6.45, 7) is 9.32. The van der Waals surface area contributed by atoms with Crippen molar-refractivity contribution in [2.45, 2.75) is 84.5 Å². The molecule has 232 valence electrons. The number of nitrogens with zero attached hydrogens (tertiary/aromatic N) is 2. The van der Waals surface area contributed by atoms with Gasteiger partial charge in [-0.25, -0.2) is 9.59 Å². The molecule has 12 heteroatoms. The standard InChI is InChI=1S/C31H41N5O7/c1-19-15-22(37)16-20(2)23(19)18-25(41-29(32)39)27(38)34-24(13-9-10-14-33-30(40)42-31(3,4)5)28-35-26(36-43-28)17-21-11-7-6-8-12-21/h6-8,11-12,15-16,24-25,37H,9-10,13-14,17-18H2,1-5H3,(H2,32,39)(H,33,40)(H,34,38)/t24-,25+/m0/s1. The quantitative estimate of drug-likeness (QED) is 0.206. The van der Waals surface area contributed by atoms with E-state index < -0.39 is 35.8 Å². The Bertz CT molecular complexity index is 1360. The number of rotatable bonds is 13. The molecule has 0 aliphatic rings. The Balaban J connectivity index is 1.74. The van der Waals surface area contributed by atoms with Gasteiger partial charge >= 0.3 is 12.2 Å². The number of phenols is 1. The van der Waals surface area contributed by atoms with Crippen molar-refractivity contribution in [3.63, 3.8) is 0 Å². The first-order valence-electron chi connectivity index (χ1n) is 14.2. The highest BCUT2D eigenvalue weighted by Gasteiger charge is 2.29. The van der Waals surface area contributed by atoms with Crippen LogP contribution < -0.4 is 16.4 Å². The Hall–Kier alpha value is -4.61. The van der Waals surface area contributed by atoms with Crippen molar-refractivity contribution < 1.29 is 33.5 Å². The number of benzene rings is 2. The monoisotopic (exact) mass is 595 g/mol. The molecule has 5 N–H and O–H groups in total. The van der Waals surface area contributed by atoms with Crippen molar-refractivity contribution in [3.05, 3.63) is 76.4 Å². The average molecular weight is 596 g/mol. The Morgan fingerprint density at radius 3 is 2.37 bits per heavy atom. The second-order valence-corrected chi connectivity index (χ2v) is 11.4. The molecule has 0 spiro atoms. The van der Waals surface area contributed by atoms with Crippen LogP contribution in [0.3, 0.4) is 0 Å². The zero-order chi connectivity index (χ0) is 31.6. The number of carbonyl (C=O) groups excluding carboxylic acids is 3. The molecule has 0 saturated carbocycles. The van der Waals surface area contributed by atoms with Gasteiger partial charge in [-0.15, -0.1) is 0 Å². The summed E-state index contributed by atoms with van der Waals surface area (Å²) in [5.41, 5.74) is 7.92. The lowest BCUT2D eigenvalue weighted by atomic mass is 9.96. The predicted molar refractivity (Wildman–Crippen MR) is 158 cm³/mol. The van der Waals surface area contributed by atoms with Gasteiger partial charge in [-0.2, -0.15) is 4.98 Å². The zero-order valence-corrected chi connectivity index (χ0v) is 25.3. The van der Waals surface area contributed by atoms with Gasteiger partial charge in [0.2, 0.25) is 5.89 Å². The molecule has 0 unspecified atom stereocenters. The van der Waals surface area contributed by atoms with Crippen LogP contribution in [-0.2, 0) is 27.1 Å². The SMILES string of the molecule is Cc1cc(O)cc(C)c1C[C@@H](OC(N)=O)C(=O)N[C@@H](CCCCNC(=O)OC(C)(C)C)c1nc(Cc2ccccc2)no1. The van der Waals surface area contributed by atoms with Crippen molar-refractivity contribution in [1.29, 1.82) is 0 Å². The Morgan fingerprint density at radius 2 is 1.74 bits per heavy atom. The minimum atomic E-state index is -1.25. The van der Waals surface area contributed by atoms with E-state index in [-0.39, 0.29) is 18.1 Å². The first-order valence-corrected chi connectivity index (χ1v) is 14.2. The number of aromatic nitrogens is 2. The lowest BCUT2D eigenvalue weighted by Gasteiger charge is -2.22. The van der Waals surface area contributed by atoms with E-state index in [4.69, 9.17) is 19.7 Å². The van der Waals surface area contributed by atoms with Crippen LogP contribution in [0.5, 0.6) is 5.75 Å². The highest BCUT2D eigenvalue weighted by molar-refractivity contribution is 5.84. The number of carbonyl (C=O) groups is 3. The van der Waals surface area contributed by atoms with E-state index in [0.29, 0.717) is 38.1 Å². The number of aromatic hydroxyl groups is 1. The number of primary amides is 1. The Morgan fingerprint density at radius 1 is 1.07 bits per heavy atom. The maximum Gasteiger partial charge on any atom is 0.407 e. The molecule has 1 heterocycles.